The molecular weight excluding hydrogens is 252 g/mol. The molecule has 4 rings (SSSR count). The van der Waals surface area contributed by atoms with Gasteiger partial charge < -0.3 is 0 Å². The summed E-state index contributed by atoms with van der Waals surface area (Å²) >= 11 is 0. The number of hydrogen-bond donors (Lipinski definition) is 0. The molecule has 0 heteroatoms. The summed E-state index contributed by atoms with van der Waals surface area (Å²) in [5, 5.41) is 0. The van der Waals surface area contributed by atoms with Gasteiger partial charge in [-0.1, -0.05) is 53.7 Å². The van der Waals surface area contributed by atoms with E-state index in [9.17, 15) is 0 Å². The Balaban J connectivity index is 1.71. The molecule has 3 saturated carbocycles. The highest BCUT2D eigenvalue weighted by molar-refractivity contribution is 5.24. The van der Waals surface area contributed by atoms with E-state index in [4.69, 9.17) is 0 Å². The Kier molecular flexibility index (Phi) is 3.00. The van der Waals surface area contributed by atoms with E-state index in [1.807, 2.05) is 0 Å². The Morgan fingerprint density at radius 3 is 1.48 bits per heavy atom. The van der Waals surface area contributed by atoms with Crippen molar-refractivity contribution in [1.29, 1.82) is 0 Å². The maximum Gasteiger partial charge on any atom is -0.0142 e. The minimum atomic E-state index is 0.530. The van der Waals surface area contributed by atoms with E-state index in [0.717, 1.165) is 59.2 Å². The van der Waals surface area contributed by atoms with Crippen molar-refractivity contribution in [2.75, 3.05) is 0 Å². The first-order chi connectivity index (χ1) is 9.84. The van der Waals surface area contributed by atoms with Crippen molar-refractivity contribution in [2.45, 2.75) is 54.4 Å². The van der Waals surface area contributed by atoms with Crippen LogP contribution >= 0.6 is 0 Å². The van der Waals surface area contributed by atoms with E-state index in [-0.39, 0.29) is 0 Å². The minimum absolute atomic E-state index is 0.530. The van der Waals surface area contributed by atoms with Gasteiger partial charge in [0, 0.05) is 0 Å². The van der Waals surface area contributed by atoms with Gasteiger partial charge in [-0.05, 0) is 77.4 Å². The Labute approximate surface area is 131 Å². The zero-order valence-electron chi connectivity index (χ0n) is 14.8. The zero-order valence-corrected chi connectivity index (χ0v) is 14.8. The second kappa shape index (κ2) is 4.39. The van der Waals surface area contributed by atoms with Crippen LogP contribution in [-0.2, 0) is 0 Å². The van der Waals surface area contributed by atoms with Crippen LogP contribution in [0.3, 0.4) is 0 Å². The topological polar surface area (TPSA) is 0 Å². The molecule has 0 nitrogen and oxygen atoms in total. The number of hydrogen-bond acceptors (Lipinski definition) is 0. The lowest BCUT2D eigenvalue weighted by Gasteiger charge is -2.55. The quantitative estimate of drug-likeness (QED) is 0.505. The van der Waals surface area contributed by atoms with Gasteiger partial charge in [-0.2, -0.15) is 0 Å². The maximum atomic E-state index is 2.62. The second-order valence-electron chi connectivity index (χ2n) is 9.88. The van der Waals surface area contributed by atoms with Crippen molar-refractivity contribution in [3.05, 3.63) is 12.2 Å². The molecule has 0 aromatic rings. The van der Waals surface area contributed by atoms with Gasteiger partial charge >= 0.3 is 0 Å². The first-order valence-corrected chi connectivity index (χ1v) is 9.52. The average Bonchev–Trinajstić information content (AvgIpc) is 2.85. The largest absolute Gasteiger partial charge is 0.0843 e. The molecule has 0 saturated heterocycles. The zero-order chi connectivity index (χ0) is 15.1. The van der Waals surface area contributed by atoms with Crippen molar-refractivity contribution >= 4 is 0 Å². The molecule has 0 aromatic heterocycles. The van der Waals surface area contributed by atoms with Crippen molar-refractivity contribution < 1.29 is 0 Å². The summed E-state index contributed by atoms with van der Waals surface area (Å²) in [5.41, 5.74) is 0.530. The van der Waals surface area contributed by atoms with E-state index in [2.05, 4.69) is 53.7 Å². The molecule has 0 radical (unpaired) electrons. The maximum absolute atomic E-state index is 2.62. The van der Waals surface area contributed by atoms with Gasteiger partial charge in [-0.15, -0.1) is 0 Å². The Morgan fingerprint density at radius 2 is 1.10 bits per heavy atom. The molecule has 0 N–H and O–H groups in total. The fourth-order valence-corrected chi connectivity index (χ4v) is 7.49. The van der Waals surface area contributed by atoms with Crippen molar-refractivity contribution in [2.24, 2.45) is 64.6 Å². The summed E-state index contributed by atoms with van der Waals surface area (Å²) in [7, 11) is 0. The van der Waals surface area contributed by atoms with Crippen molar-refractivity contribution in [1.82, 2.24) is 0 Å². The third-order valence-corrected chi connectivity index (χ3v) is 8.89. The van der Waals surface area contributed by atoms with Crippen LogP contribution in [0.15, 0.2) is 12.2 Å². The van der Waals surface area contributed by atoms with Crippen LogP contribution in [-0.4, -0.2) is 0 Å². The van der Waals surface area contributed by atoms with Gasteiger partial charge in [-0.3, -0.25) is 0 Å². The van der Waals surface area contributed by atoms with Crippen molar-refractivity contribution in [3.63, 3.8) is 0 Å². The molecule has 10 unspecified atom stereocenters. The highest BCUT2D eigenvalue weighted by Crippen LogP contribution is 2.69. The van der Waals surface area contributed by atoms with Crippen molar-refractivity contribution in [3.8, 4) is 0 Å². The molecule has 0 heterocycles. The lowest BCUT2D eigenvalue weighted by molar-refractivity contribution is -0.0576. The van der Waals surface area contributed by atoms with Crippen LogP contribution in [0.5, 0.6) is 0 Å². The molecule has 2 bridgehead atoms. The number of fused-ring (bicyclic) bond motifs is 6. The summed E-state index contributed by atoms with van der Waals surface area (Å²) in [6.45, 7) is 15.4. The molecule has 0 aliphatic heterocycles. The molecule has 118 valence electrons. The average molecular weight is 287 g/mol. The first kappa shape index (κ1) is 14.3. The van der Waals surface area contributed by atoms with E-state index < -0.39 is 0 Å². The van der Waals surface area contributed by atoms with E-state index in [1.54, 1.807) is 0 Å². The van der Waals surface area contributed by atoms with Crippen LogP contribution in [0.25, 0.3) is 0 Å². The molecule has 0 aromatic carbocycles. The van der Waals surface area contributed by atoms with E-state index in [1.165, 1.54) is 12.8 Å². The molecule has 0 spiro atoms. The molecule has 10 atom stereocenters. The van der Waals surface area contributed by atoms with Gasteiger partial charge in [0.15, 0.2) is 0 Å². The summed E-state index contributed by atoms with van der Waals surface area (Å²) in [6, 6.07) is 0. The summed E-state index contributed by atoms with van der Waals surface area (Å²) in [6.07, 6.45) is 8.21. The molecule has 4 aliphatic rings. The van der Waals surface area contributed by atoms with Crippen LogP contribution in [0, 0.1) is 64.6 Å². The lowest BCUT2D eigenvalue weighted by Crippen LogP contribution is -2.49. The number of allylic oxidation sites excluding steroid dienone is 2. The highest BCUT2D eigenvalue weighted by Gasteiger charge is 2.63. The first-order valence-electron chi connectivity index (χ1n) is 9.52. The van der Waals surface area contributed by atoms with Gasteiger partial charge in [-0.25, -0.2) is 0 Å². The van der Waals surface area contributed by atoms with Gasteiger partial charge in [0.25, 0.3) is 0 Å². The summed E-state index contributed by atoms with van der Waals surface area (Å²) < 4.78 is 0. The summed E-state index contributed by atoms with van der Waals surface area (Å²) in [5.74, 6) is 9.49. The van der Waals surface area contributed by atoms with Gasteiger partial charge in [0.05, 0.1) is 0 Å². The van der Waals surface area contributed by atoms with Crippen LogP contribution < -0.4 is 0 Å². The second-order valence-corrected chi connectivity index (χ2v) is 9.88. The molecule has 0 amide bonds. The molecule has 3 fully saturated rings. The molecular formula is C21H34. The standard InChI is InChI=1S/C21H34/c1-11-9-15-13(3)19-17-7-8-18(21(17,5)6)20(19)14(4)16(15)10-12(11)2/h7-8,11-20H,9-10H2,1-6H3. The fraction of sp³-hybridized carbons (Fsp3) is 0.905. The smallest absolute Gasteiger partial charge is 0.0142 e. The normalized spacial score (nSPS) is 60.7. The van der Waals surface area contributed by atoms with E-state index in [0.29, 0.717) is 5.41 Å². The summed E-state index contributed by atoms with van der Waals surface area (Å²) in [4.78, 5) is 0. The highest BCUT2D eigenvalue weighted by atomic mass is 14.7. The molecule has 21 heavy (non-hydrogen) atoms. The van der Waals surface area contributed by atoms with Crippen LogP contribution in [0.1, 0.15) is 54.4 Å². The van der Waals surface area contributed by atoms with Gasteiger partial charge in [0.2, 0.25) is 0 Å². The Bertz CT molecular complexity index is 419. The van der Waals surface area contributed by atoms with Crippen LogP contribution in [0.4, 0.5) is 0 Å². The fourth-order valence-electron chi connectivity index (χ4n) is 7.49. The third-order valence-electron chi connectivity index (χ3n) is 8.89. The minimum Gasteiger partial charge on any atom is -0.0843 e. The predicted octanol–water partition coefficient (Wildman–Crippen LogP) is 5.65. The SMILES string of the molecule is CC1CC2C(C)C3C(C(C)C2CC1C)C1C=CC3C1(C)C. The Morgan fingerprint density at radius 1 is 0.714 bits per heavy atom. The lowest BCUT2D eigenvalue weighted by atomic mass is 9.50. The Hall–Kier alpha value is -0.260. The predicted molar refractivity (Wildman–Crippen MR) is 89.8 cm³/mol. The molecule has 4 aliphatic carbocycles. The monoisotopic (exact) mass is 286 g/mol. The van der Waals surface area contributed by atoms with Crippen LogP contribution in [0.2, 0.25) is 0 Å². The third kappa shape index (κ3) is 1.68. The van der Waals surface area contributed by atoms with Gasteiger partial charge in [0.1, 0.15) is 0 Å². The van der Waals surface area contributed by atoms with E-state index >= 15 is 0 Å². The number of rotatable bonds is 0.